The van der Waals surface area contributed by atoms with E-state index < -0.39 is 5.82 Å². The van der Waals surface area contributed by atoms with Crippen molar-refractivity contribution in [1.29, 1.82) is 0 Å². The van der Waals surface area contributed by atoms with Gasteiger partial charge in [0.25, 0.3) is 5.91 Å². The summed E-state index contributed by atoms with van der Waals surface area (Å²) in [4.78, 5) is 12.1. The fraction of sp³-hybridized carbons (Fsp3) is 0.500. The highest BCUT2D eigenvalue weighted by molar-refractivity contribution is 9.10. The lowest BCUT2D eigenvalue weighted by molar-refractivity contribution is 0.0922. The lowest BCUT2D eigenvalue weighted by atomic mass is 9.87. The molecule has 0 radical (unpaired) electrons. The maximum atomic E-state index is 13.4. The minimum atomic E-state index is -0.407. The van der Waals surface area contributed by atoms with Crippen LogP contribution in [0.5, 0.6) is 0 Å². The van der Waals surface area contributed by atoms with Crippen molar-refractivity contribution in [1.82, 2.24) is 5.32 Å². The Labute approximate surface area is 129 Å². The van der Waals surface area contributed by atoms with Crippen LogP contribution >= 0.6 is 31.9 Å². The SMILES string of the molecule is O=C(NC1CCC(CBr)CC1)c1cccc(F)c1Br. The van der Waals surface area contributed by atoms with Crippen molar-refractivity contribution in [3.8, 4) is 0 Å². The van der Waals surface area contributed by atoms with Gasteiger partial charge in [-0.15, -0.1) is 0 Å². The van der Waals surface area contributed by atoms with E-state index in [4.69, 9.17) is 0 Å². The summed E-state index contributed by atoms with van der Waals surface area (Å²) in [6.45, 7) is 0. The van der Waals surface area contributed by atoms with E-state index in [2.05, 4.69) is 37.2 Å². The third kappa shape index (κ3) is 3.78. The fourth-order valence-corrected chi connectivity index (χ4v) is 3.50. The van der Waals surface area contributed by atoms with Gasteiger partial charge in [0.2, 0.25) is 0 Å². The summed E-state index contributed by atoms with van der Waals surface area (Å²) in [7, 11) is 0. The molecular weight excluding hydrogens is 377 g/mol. The van der Waals surface area contributed by atoms with Crippen LogP contribution in [0.4, 0.5) is 4.39 Å². The van der Waals surface area contributed by atoms with Gasteiger partial charge in [-0.2, -0.15) is 0 Å². The van der Waals surface area contributed by atoms with E-state index in [1.807, 2.05) is 0 Å². The minimum Gasteiger partial charge on any atom is -0.349 e. The summed E-state index contributed by atoms with van der Waals surface area (Å²) in [5.74, 6) is 0.110. The van der Waals surface area contributed by atoms with Crippen LogP contribution in [0.1, 0.15) is 36.0 Å². The van der Waals surface area contributed by atoms with Crippen LogP contribution in [0.2, 0.25) is 0 Å². The van der Waals surface area contributed by atoms with Crippen molar-refractivity contribution in [3.63, 3.8) is 0 Å². The molecule has 19 heavy (non-hydrogen) atoms. The Balaban J connectivity index is 1.96. The van der Waals surface area contributed by atoms with Crippen LogP contribution < -0.4 is 5.32 Å². The van der Waals surface area contributed by atoms with E-state index in [1.165, 1.54) is 6.07 Å². The Morgan fingerprint density at radius 3 is 2.63 bits per heavy atom. The summed E-state index contributed by atoms with van der Waals surface area (Å²) in [5, 5.41) is 4.03. The molecule has 1 saturated carbocycles. The van der Waals surface area contributed by atoms with Gasteiger partial charge < -0.3 is 5.32 Å². The molecule has 0 unspecified atom stereocenters. The number of halogens is 3. The molecule has 2 nitrogen and oxygen atoms in total. The first kappa shape index (κ1) is 15.0. The van der Waals surface area contributed by atoms with E-state index in [0.29, 0.717) is 11.5 Å². The molecule has 2 rings (SSSR count). The van der Waals surface area contributed by atoms with E-state index in [1.54, 1.807) is 12.1 Å². The van der Waals surface area contributed by atoms with Crippen molar-refractivity contribution < 1.29 is 9.18 Å². The number of alkyl halides is 1. The summed E-state index contributed by atoms with van der Waals surface area (Å²) < 4.78 is 13.6. The van der Waals surface area contributed by atoms with Gasteiger partial charge in [-0.05, 0) is 59.7 Å². The highest BCUT2D eigenvalue weighted by Gasteiger charge is 2.23. The summed E-state index contributed by atoms with van der Waals surface area (Å²) in [5.41, 5.74) is 0.364. The standard InChI is InChI=1S/C14H16Br2FNO/c15-8-9-4-6-10(7-5-9)18-14(19)11-2-1-3-12(17)13(11)16/h1-3,9-10H,4-8H2,(H,18,19). The first-order valence-corrected chi connectivity index (χ1v) is 8.34. The lowest BCUT2D eigenvalue weighted by Crippen LogP contribution is -2.38. The Morgan fingerprint density at radius 1 is 1.32 bits per heavy atom. The Hall–Kier alpha value is -0.420. The molecule has 0 saturated heterocycles. The van der Waals surface area contributed by atoms with Crippen LogP contribution in [-0.4, -0.2) is 17.3 Å². The van der Waals surface area contributed by atoms with Gasteiger partial charge in [0.05, 0.1) is 10.0 Å². The maximum Gasteiger partial charge on any atom is 0.252 e. The summed E-state index contributed by atoms with van der Waals surface area (Å²) in [6.07, 6.45) is 4.24. The molecule has 104 valence electrons. The molecule has 0 spiro atoms. The number of hydrogen-bond donors (Lipinski definition) is 1. The zero-order valence-electron chi connectivity index (χ0n) is 10.5. The third-order valence-corrected chi connectivity index (χ3v) is 5.32. The molecule has 1 aromatic carbocycles. The van der Waals surface area contributed by atoms with Gasteiger partial charge in [0, 0.05) is 11.4 Å². The van der Waals surface area contributed by atoms with Gasteiger partial charge in [-0.25, -0.2) is 4.39 Å². The van der Waals surface area contributed by atoms with Crippen LogP contribution in [0.25, 0.3) is 0 Å². The predicted octanol–water partition coefficient (Wildman–Crippen LogP) is 4.27. The van der Waals surface area contributed by atoms with E-state index >= 15 is 0 Å². The third-order valence-electron chi connectivity index (χ3n) is 3.60. The number of nitrogens with one attached hydrogen (secondary N) is 1. The van der Waals surface area contributed by atoms with Crippen molar-refractivity contribution in [2.24, 2.45) is 5.92 Å². The van der Waals surface area contributed by atoms with Crippen LogP contribution in [0, 0.1) is 11.7 Å². The molecule has 0 atom stereocenters. The second kappa shape index (κ2) is 6.84. The number of hydrogen-bond acceptors (Lipinski definition) is 1. The Kier molecular flexibility index (Phi) is 5.39. The first-order chi connectivity index (χ1) is 9.11. The molecule has 0 heterocycles. The number of benzene rings is 1. The Bertz CT molecular complexity index is 459. The first-order valence-electron chi connectivity index (χ1n) is 6.42. The van der Waals surface area contributed by atoms with Crippen LogP contribution in [0.3, 0.4) is 0 Å². The lowest BCUT2D eigenvalue weighted by Gasteiger charge is -2.28. The number of amides is 1. The fourth-order valence-electron chi connectivity index (χ4n) is 2.40. The molecule has 1 amide bonds. The van der Waals surface area contributed by atoms with E-state index in [0.717, 1.165) is 31.0 Å². The van der Waals surface area contributed by atoms with Crippen molar-refractivity contribution in [3.05, 3.63) is 34.1 Å². The molecule has 0 aromatic heterocycles. The zero-order chi connectivity index (χ0) is 13.8. The average Bonchev–Trinajstić information content (AvgIpc) is 2.42. The predicted molar refractivity (Wildman–Crippen MR) is 81.1 cm³/mol. The molecule has 5 heteroatoms. The highest BCUT2D eigenvalue weighted by Crippen LogP contribution is 2.26. The smallest absolute Gasteiger partial charge is 0.252 e. The molecule has 0 aliphatic heterocycles. The van der Waals surface area contributed by atoms with E-state index in [9.17, 15) is 9.18 Å². The second-order valence-corrected chi connectivity index (χ2v) is 6.39. The number of carbonyl (C=O) groups excluding carboxylic acids is 1. The normalized spacial score (nSPS) is 23.1. The van der Waals surface area contributed by atoms with Gasteiger partial charge in [0.15, 0.2) is 0 Å². The van der Waals surface area contributed by atoms with Gasteiger partial charge in [-0.1, -0.05) is 22.0 Å². The molecule has 1 N–H and O–H groups in total. The topological polar surface area (TPSA) is 29.1 Å². The number of rotatable bonds is 3. The maximum absolute atomic E-state index is 13.4. The zero-order valence-corrected chi connectivity index (χ0v) is 13.6. The molecule has 0 bridgehead atoms. The van der Waals surface area contributed by atoms with Crippen LogP contribution in [0.15, 0.2) is 22.7 Å². The molecule has 1 aliphatic rings. The molecular formula is C14H16Br2FNO. The largest absolute Gasteiger partial charge is 0.349 e. The quantitative estimate of drug-likeness (QED) is 0.764. The van der Waals surface area contributed by atoms with Gasteiger partial charge in [-0.3, -0.25) is 4.79 Å². The van der Waals surface area contributed by atoms with Gasteiger partial charge >= 0.3 is 0 Å². The highest BCUT2D eigenvalue weighted by atomic mass is 79.9. The molecule has 1 fully saturated rings. The molecule has 1 aliphatic carbocycles. The van der Waals surface area contributed by atoms with Crippen molar-refractivity contribution in [2.45, 2.75) is 31.7 Å². The van der Waals surface area contributed by atoms with Crippen LogP contribution in [-0.2, 0) is 0 Å². The van der Waals surface area contributed by atoms with E-state index in [-0.39, 0.29) is 16.4 Å². The molecule has 1 aromatic rings. The summed E-state index contributed by atoms with van der Waals surface area (Å²) >= 11 is 6.63. The van der Waals surface area contributed by atoms with Crippen molar-refractivity contribution >= 4 is 37.8 Å². The minimum absolute atomic E-state index is 0.200. The van der Waals surface area contributed by atoms with Gasteiger partial charge in [0.1, 0.15) is 5.82 Å². The second-order valence-electron chi connectivity index (χ2n) is 4.95. The average molecular weight is 393 g/mol. The van der Waals surface area contributed by atoms with Crippen molar-refractivity contribution in [2.75, 3.05) is 5.33 Å². The monoisotopic (exact) mass is 391 g/mol. The number of carbonyl (C=O) groups is 1. The Morgan fingerprint density at radius 2 is 2.00 bits per heavy atom. The summed E-state index contributed by atoms with van der Waals surface area (Å²) in [6, 6.07) is 4.73.